The van der Waals surface area contributed by atoms with Gasteiger partial charge in [0.05, 0.1) is 36.7 Å². The summed E-state index contributed by atoms with van der Waals surface area (Å²) in [6, 6.07) is 20.5. The quantitative estimate of drug-likeness (QED) is 0.450. The monoisotopic (exact) mass is 443 g/mol. The molecule has 0 radical (unpaired) electrons. The van der Waals surface area contributed by atoms with E-state index in [1.54, 1.807) is 7.11 Å². The van der Waals surface area contributed by atoms with Gasteiger partial charge >= 0.3 is 0 Å². The number of aromatic nitrogens is 3. The molecule has 2 aromatic heterocycles. The van der Waals surface area contributed by atoms with Crippen LogP contribution in [0, 0.1) is 0 Å². The number of benzene rings is 2. The first kappa shape index (κ1) is 21.1. The van der Waals surface area contributed by atoms with Gasteiger partial charge in [0.2, 0.25) is 5.95 Å². The Bertz CT molecular complexity index is 1210. The number of hydrogen-bond donors (Lipinski definition) is 2. The highest BCUT2D eigenvalue weighted by Gasteiger charge is 2.14. The molecule has 0 unspecified atom stereocenters. The first-order chi connectivity index (χ1) is 16.2. The highest BCUT2D eigenvalue weighted by atomic mass is 16.5. The molecule has 8 nitrogen and oxygen atoms in total. The van der Waals surface area contributed by atoms with E-state index in [0.29, 0.717) is 12.5 Å². The summed E-state index contributed by atoms with van der Waals surface area (Å²) in [5.41, 5.74) is 5.14. The molecule has 5 rings (SSSR count). The van der Waals surface area contributed by atoms with Crippen LogP contribution in [-0.2, 0) is 6.54 Å². The number of fused-ring (bicyclic) bond motifs is 1. The zero-order valence-corrected chi connectivity index (χ0v) is 19.0. The number of anilines is 4. The van der Waals surface area contributed by atoms with Crippen LogP contribution in [0.15, 0.2) is 66.9 Å². The van der Waals surface area contributed by atoms with Crippen molar-refractivity contribution in [3.8, 4) is 5.75 Å². The minimum Gasteiger partial charge on any atom is -0.495 e. The standard InChI is InChI=1S/C25H29N7O/c1-30-13-15-31(16-14-30)20-9-7-19(8-10-20)28-25-27-18-22-12-11-21(32(22)29-25)17-26-23-5-3-4-6-24(23)33-2/h3-12,18,26H,13-17H2,1-2H3,(H,28,29). The van der Waals surface area contributed by atoms with Gasteiger partial charge in [0.15, 0.2) is 0 Å². The van der Waals surface area contributed by atoms with Gasteiger partial charge in [-0.1, -0.05) is 12.1 Å². The summed E-state index contributed by atoms with van der Waals surface area (Å²) in [4.78, 5) is 9.27. The fourth-order valence-electron chi connectivity index (χ4n) is 4.07. The van der Waals surface area contributed by atoms with E-state index < -0.39 is 0 Å². The van der Waals surface area contributed by atoms with Gasteiger partial charge in [0.25, 0.3) is 0 Å². The third-order valence-electron chi connectivity index (χ3n) is 6.04. The number of nitrogens with zero attached hydrogens (tertiary/aromatic N) is 5. The molecule has 3 heterocycles. The van der Waals surface area contributed by atoms with Crippen molar-refractivity contribution >= 4 is 28.5 Å². The maximum absolute atomic E-state index is 5.43. The van der Waals surface area contributed by atoms with E-state index in [9.17, 15) is 0 Å². The smallest absolute Gasteiger partial charge is 0.245 e. The minimum atomic E-state index is 0.560. The topological polar surface area (TPSA) is 70.0 Å². The molecule has 0 saturated carbocycles. The van der Waals surface area contributed by atoms with E-state index in [1.165, 1.54) is 5.69 Å². The molecule has 1 aliphatic heterocycles. The molecule has 0 spiro atoms. The summed E-state index contributed by atoms with van der Waals surface area (Å²) in [5, 5.41) is 11.5. The number of rotatable bonds is 7. The van der Waals surface area contributed by atoms with Gasteiger partial charge in [-0.2, -0.15) is 0 Å². The van der Waals surface area contributed by atoms with Gasteiger partial charge in [-0.3, -0.25) is 0 Å². The van der Waals surface area contributed by atoms with Gasteiger partial charge in [0, 0.05) is 37.6 Å². The molecule has 2 N–H and O–H groups in total. The number of ether oxygens (including phenoxy) is 1. The van der Waals surface area contributed by atoms with Crippen LogP contribution >= 0.6 is 0 Å². The Kier molecular flexibility index (Phi) is 5.99. The van der Waals surface area contributed by atoms with Crippen molar-refractivity contribution in [1.82, 2.24) is 19.5 Å². The lowest BCUT2D eigenvalue weighted by Gasteiger charge is -2.34. The first-order valence-corrected chi connectivity index (χ1v) is 11.2. The summed E-state index contributed by atoms with van der Waals surface area (Å²) in [6.07, 6.45) is 1.83. The number of hydrogen-bond acceptors (Lipinski definition) is 7. The molecular formula is C25H29N7O. The van der Waals surface area contributed by atoms with Crippen molar-refractivity contribution in [2.75, 3.05) is 55.9 Å². The Balaban J connectivity index is 1.28. The second-order valence-corrected chi connectivity index (χ2v) is 8.26. The van der Waals surface area contributed by atoms with E-state index in [1.807, 2.05) is 41.0 Å². The lowest BCUT2D eigenvalue weighted by atomic mass is 10.2. The molecule has 33 heavy (non-hydrogen) atoms. The SMILES string of the molecule is COc1ccccc1NCc1ccc2cnc(Nc3ccc(N4CCN(C)CC4)cc3)nn12. The minimum absolute atomic E-state index is 0.560. The summed E-state index contributed by atoms with van der Waals surface area (Å²) in [5.74, 6) is 1.37. The molecule has 0 bridgehead atoms. The molecule has 170 valence electrons. The van der Waals surface area contributed by atoms with Crippen LogP contribution in [0.1, 0.15) is 5.69 Å². The average Bonchev–Trinajstić information content (AvgIpc) is 3.26. The Labute approximate surface area is 193 Å². The maximum Gasteiger partial charge on any atom is 0.245 e. The number of methoxy groups -OCH3 is 1. The highest BCUT2D eigenvalue weighted by Crippen LogP contribution is 2.24. The van der Waals surface area contributed by atoms with Crippen LogP contribution in [0.2, 0.25) is 0 Å². The van der Waals surface area contributed by atoms with Crippen molar-refractivity contribution in [2.24, 2.45) is 0 Å². The van der Waals surface area contributed by atoms with Crippen LogP contribution in [-0.4, -0.2) is 59.8 Å². The van der Waals surface area contributed by atoms with E-state index in [0.717, 1.165) is 54.5 Å². The molecule has 1 fully saturated rings. The van der Waals surface area contributed by atoms with E-state index in [2.05, 4.69) is 62.8 Å². The Morgan fingerprint density at radius 3 is 2.52 bits per heavy atom. The first-order valence-electron chi connectivity index (χ1n) is 11.2. The number of likely N-dealkylation sites (N-methyl/N-ethyl adjacent to an activating group) is 1. The van der Waals surface area contributed by atoms with Crippen LogP contribution < -0.4 is 20.3 Å². The normalized spacial score (nSPS) is 14.4. The molecule has 0 aliphatic carbocycles. The van der Waals surface area contributed by atoms with E-state index >= 15 is 0 Å². The molecule has 2 aromatic carbocycles. The second kappa shape index (κ2) is 9.38. The number of piperazine rings is 1. The zero-order valence-electron chi connectivity index (χ0n) is 19.0. The predicted molar refractivity (Wildman–Crippen MR) is 133 cm³/mol. The third kappa shape index (κ3) is 4.70. The van der Waals surface area contributed by atoms with Crippen molar-refractivity contribution < 1.29 is 4.74 Å². The van der Waals surface area contributed by atoms with E-state index in [4.69, 9.17) is 9.84 Å². The fraction of sp³-hybridized carbons (Fsp3) is 0.280. The molecule has 8 heteroatoms. The predicted octanol–water partition coefficient (Wildman–Crippen LogP) is 3.85. The van der Waals surface area contributed by atoms with Gasteiger partial charge < -0.3 is 25.2 Å². The zero-order chi connectivity index (χ0) is 22.6. The Morgan fingerprint density at radius 1 is 0.939 bits per heavy atom. The van der Waals surface area contributed by atoms with Crippen molar-refractivity contribution in [3.63, 3.8) is 0 Å². The average molecular weight is 444 g/mol. The molecule has 0 amide bonds. The van der Waals surface area contributed by atoms with Crippen LogP contribution in [0.5, 0.6) is 5.75 Å². The third-order valence-corrected chi connectivity index (χ3v) is 6.04. The second-order valence-electron chi connectivity index (χ2n) is 8.26. The summed E-state index contributed by atoms with van der Waals surface area (Å²) in [7, 11) is 3.85. The Hall–Kier alpha value is -3.78. The van der Waals surface area contributed by atoms with Gasteiger partial charge in [-0.05, 0) is 55.6 Å². The van der Waals surface area contributed by atoms with Crippen LogP contribution in [0.25, 0.3) is 5.52 Å². The molecule has 1 saturated heterocycles. The lowest BCUT2D eigenvalue weighted by Crippen LogP contribution is -2.44. The molecule has 4 aromatic rings. The lowest BCUT2D eigenvalue weighted by molar-refractivity contribution is 0.313. The number of para-hydroxylation sites is 2. The van der Waals surface area contributed by atoms with Crippen LogP contribution in [0.3, 0.4) is 0 Å². The fourth-order valence-corrected chi connectivity index (χ4v) is 4.07. The van der Waals surface area contributed by atoms with Gasteiger partial charge in [-0.25, -0.2) is 9.50 Å². The van der Waals surface area contributed by atoms with E-state index in [-0.39, 0.29) is 0 Å². The highest BCUT2D eigenvalue weighted by molar-refractivity contribution is 5.60. The summed E-state index contributed by atoms with van der Waals surface area (Å²) < 4.78 is 7.34. The largest absolute Gasteiger partial charge is 0.495 e. The molecule has 1 aliphatic rings. The number of nitrogens with one attached hydrogen (secondary N) is 2. The van der Waals surface area contributed by atoms with Crippen molar-refractivity contribution in [1.29, 1.82) is 0 Å². The Morgan fingerprint density at radius 2 is 1.73 bits per heavy atom. The van der Waals surface area contributed by atoms with Gasteiger partial charge in [0.1, 0.15) is 5.75 Å². The molecule has 0 atom stereocenters. The van der Waals surface area contributed by atoms with Crippen LogP contribution in [0.4, 0.5) is 23.0 Å². The molecular weight excluding hydrogens is 414 g/mol. The van der Waals surface area contributed by atoms with Crippen molar-refractivity contribution in [2.45, 2.75) is 6.54 Å². The summed E-state index contributed by atoms with van der Waals surface area (Å²) >= 11 is 0. The van der Waals surface area contributed by atoms with Crippen molar-refractivity contribution in [3.05, 3.63) is 72.6 Å². The van der Waals surface area contributed by atoms with Gasteiger partial charge in [-0.15, -0.1) is 5.10 Å². The maximum atomic E-state index is 5.43. The summed E-state index contributed by atoms with van der Waals surface area (Å²) in [6.45, 7) is 4.92.